The molecule has 1 heterocycles. The van der Waals surface area contributed by atoms with Crippen molar-refractivity contribution in [1.29, 1.82) is 0 Å². The maximum absolute atomic E-state index is 12.8. The van der Waals surface area contributed by atoms with Gasteiger partial charge in [0.2, 0.25) is 0 Å². The third-order valence-corrected chi connectivity index (χ3v) is 4.96. The molecule has 0 spiro atoms. The Labute approximate surface area is 144 Å². The van der Waals surface area contributed by atoms with E-state index in [1.807, 2.05) is 0 Å². The first-order valence-electron chi connectivity index (χ1n) is 7.52. The van der Waals surface area contributed by atoms with Crippen molar-refractivity contribution >= 4 is 21.8 Å². The van der Waals surface area contributed by atoms with Gasteiger partial charge in [0.05, 0.1) is 17.9 Å². The lowest BCUT2D eigenvalue weighted by atomic mass is 10.2. The Bertz CT molecular complexity index is 924. The fourth-order valence-corrected chi connectivity index (χ4v) is 3.58. The van der Waals surface area contributed by atoms with Crippen molar-refractivity contribution < 1.29 is 22.3 Å². The number of carbonyl (C=O) groups excluding carboxylic acids is 1. The molecule has 6 nitrogen and oxygen atoms in total. The number of rotatable bonds is 5. The lowest BCUT2D eigenvalue weighted by molar-refractivity contribution is -0.144. The van der Waals surface area contributed by atoms with E-state index in [0.717, 1.165) is 0 Å². The van der Waals surface area contributed by atoms with Gasteiger partial charge in [0, 0.05) is 5.56 Å². The third kappa shape index (κ3) is 4.03. The fourth-order valence-electron chi connectivity index (χ4n) is 2.33. The van der Waals surface area contributed by atoms with Gasteiger partial charge in [-0.25, -0.2) is 12.8 Å². The number of hydrogen-bond donors (Lipinski definition) is 1. The molecular formula is C17H15FN2O4S. The number of ether oxygens (including phenoxy) is 1. The highest BCUT2D eigenvalue weighted by molar-refractivity contribution is 7.90. The van der Waals surface area contributed by atoms with E-state index in [1.165, 1.54) is 30.3 Å². The summed E-state index contributed by atoms with van der Waals surface area (Å²) in [5.74, 6) is -0.602. The van der Waals surface area contributed by atoms with Crippen molar-refractivity contribution in [1.82, 2.24) is 4.72 Å². The summed E-state index contributed by atoms with van der Waals surface area (Å²) >= 11 is 0. The van der Waals surface area contributed by atoms with E-state index in [0.29, 0.717) is 11.1 Å². The Kier molecular flexibility index (Phi) is 4.80. The fraction of sp³-hybridized carbons (Fsp3) is 0.176. The SMILES string of the molecule is O=C(CCN=C1NS(=O)(=O)c2ccccc21)OCc1ccc(F)cc1. The molecule has 130 valence electrons. The van der Waals surface area contributed by atoms with Crippen molar-refractivity contribution in [2.45, 2.75) is 17.9 Å². The molecule has 25 heavy (non-hydrogen) atoms. The summed E-state index contributed by atoms with van der Waals surface area (Å²) in [6, 6.07) is 12.1. The Hall–Kier alpha value is -2.74. The normalized spacial score (nSPS) is 16.3. The van der Waals surface area contributed by atoms with Gasteiger partial charge in [0.25, 0.3) is 10.0 Å². The molecule has 0 fully saturated rings. The predicted octanol–water partition coefficient (Wildman–Crippen LogP) is 2.00. The van der Waals surface area contributed by atoms with Gasteiger partial charge in [-0.3, -0.25) is 14.5 Å². The van der Waals surface area contributed by atoms with Crippen LogP contribution in [0, 0.1) is 5.82 Å². The van der Waals surface area contributed by atoms with Crippen LogP contribution in [0.3, 0.4) is 0 Å². The highest BCUT2D eigenvalue weighted by Gasteiger charge is 2.29. The average molecular weight is 362 g/mol. The Morgan fingerprint density at radius 3 is 2.60 bits per heavy atom. The number of halogens is 1. The van der Waals surface area contributed by atoms with Gasteiger partial charge in [-0.15, -0.1) is 0 Å². The highest BCUT2D eigenvalue weighted by atomic mass is 32.2. The van der Waals surface area contributed by atoms with Gasteiger partial charge in [-0.05, 0) is 29.8 Å². The summed E-state index contributed by atoms with van der Waals surface area (Å²) < 4.78 is 44.1. The van der Waals surface area contributed by atoms with Gasteiger partial charge in [-0.1, -0.05) is 24.3 Å². The highest BCUT2D eigenvalue weighted by Crippen LogP contribution is 2.22. The number of sulfonamides is 1. The summed E-state index contributed by atoms with van der Waals surface area (Å²) in [5, 5.41) is 0. The third-order valence-electron chi connectivity index (χ3n) is 3.56. The summed E-state index contributed by atoms with van der Waals surface area (Å²) in [4.78, 5) is 16.0. The van der Waals surface area contributed by atoms with Crippen LogP contribution in [-0.4, -0.2) is 26.8 Å². The van der Waals surface area contributed by atoms with Crippen molar-refractivity contribution in [2.75, 3.05) is 6.54 Å². The second-order valence-corrected chi connectivity index (χ2v) is 7.02. The maximum Gasteiger partial charge on any atom is 0.308 e. The number of fused-ring (bicyclic) bond motifs is 1. The molecule has 1 aliphatic heterocycles. The average Bonchev–Trinajstić information content (AvgIpc) is 2.86. The standard InChI is InChI=1S/C17H15FN2O4S/c18-13-7-5-12(6-8-13)11-24-16(21)9-10-19-17-14-3-1-2-4-15(14)25(22,23)20-17/h1-8H,9-11H2,(H,19,20). The van der Waals surface area contributed by atoms with Crippen LogP contribution in [0.25, 0.3) is 0 Å². The molecule has 0 saturated carbocycles. The molecular weight excluding hydrogens is 347 g/mol. The zero-order chi connectivity index (χ0) is 17.9. The first kappa shape index (κ1) is 17.1. The number of hydrogen-bond acceptors (Lipinski definition) is 5. The molecule has 0 atom stereocenters. The van der Waals surface area contributed by atoms with Crippen molar-refractivity contribution in [3.63, 3.8) is 0 Å². The van der Waals surface area contributed by atoms with Crippen molar-refractivity contribution in [3.8, 4) is 0 Å². The maximum atomic E-state index is 12.8. The van der Waals surface area contributed by atoms with Crippen LogP contribution in [0.5, 0.6) is 0 Å². The molecule has 8 heteroatoms. The summed E-state index contributed by atoms with van der Waals surface area (Å²) in [7, 11) is -3.58. The van der Waals surface area contributed by atoms with Crippen LogP contribution >= 0.6 is 0 Å². The molecule has 0 aliphatic carbocycles. The summed E-state index contributed by atoms with van der Waals surface area (Å²) in [5.41, 5.74) is 1.17. The second kappa shape index (κ2) is 7.02. The van der Waals surface area contributed by atoms with Gasteiger partial charge in [-0.2, -0.15) is 0 Å². The van der Waals surface area contributed by atoms with Crippen molar-refractivity contribution in [2.24, 2.45) is 4.99 Å². The lowest BCUT2D eigenvalue weighted by Gasteiger charge is -2.04. The first-order chi connectivity index (χ1) is 12.0. The van der Waals surface area contributed by atoms with E-state index in [2.05, 4.69) is 9.71 Å². The molecule has 0 radical (unpaired) electrons. The number of nitrogens with zero attached hydrogens (tertiary/aromatic N) is 1. The zero-order valence-electron chi connectivity index (χ0n) is 13.1. The molecule has 0 saturated heterocycles. The summed E-state index contributed by atoms with van der Waals surface area (Å²) in [6.07, 6.45) is 0.00852. The number of aliphatic imine (C=N–C) groups is 1. The smallest absolute Gasteiger partial charge is 0.308 e. The number of nitrogens with one attached hydrogen (secondary N) is 1. The minimum Gasteiger partial charge on any atom is -0.461 e. The van der Waals surface area contributed by atoms with Crippen LogP contribution in [0.15, 0.2) is 58.4 Å². The van der Waals surface area contributed by atoms with E-state index in [9.17, 15) is 17.6 Å². The van der Waals surface area contributed by atoms with Crippen LogP contribution < -0.4 is 4.72 Å². The summed E-state index contributed by atoms with van der Waals surface area (Å²) in [6.45, 7) is 0.138. The number of benzene rings is 2. The lowest BCUT2D eigenvalue weighted by Crippen LogP contribution is -2.22. The largest absolute Gasteiger partial charge is 0.461 e. The zero-order valence-corrected chi connectivity index (χ0v) is 13.9. The molecule has 0 bridgehead atoms. The van der Waals surface area contributed by atoms with E-state index in [-0.39, 0.29) is 36.1 Å². The number of carbonyl (C=O) groups is 1. The minimum atomic E-state index is -3.58. The van der Waals surface area contributed by atoms with Crippen LogP contribution in [-0.2, 0) is 26.2 Å². The topological polar surface area (TPSA) is 84.8 Å². The molecule has 1 aliphatic rings. The molecule has 1 N–H and O–H groups in total. The Morgan fingerprint density at radius 2 is 1.84 bits per heavy atom. The van der Waals surface area contributed by atoms with E-state index in [4.69, 9.17) is 4.74 Å². The van der Waals surface area contributed by atoms with Crippen LogP contribution in [0.2, 0.25) is 0 Å². The quantitative estimate of drug-likeness (QED) is 0.825. The number of esters is 1. The van der Waals surface area contributed by atoms with E-state index < -0.39 is 16.0 Å². The second-order valence-electron chi connectivity index (χ2n) is 5.37. The number of amidine groups is 1. The first-order valence-corrected chi connectivity index (χ1v) is 9.01. The van der Waals surface area contributed by atoms with Gasteiger partial charge < -0.3 is 4.74 Å². The van der Waals surface area contributed by atoms with Crippen LogP contribution in [0.1, 0.15) is 17.5 Å². The molecule has 2 aromatic rings. The minimum absolute atomic E-state index is 0.00852. The molecule has 0 unspecified atom stereocenters. The molecule has 0 amide bonds. The molecule has 0 aromatic heterocycles. The van der Waals surface area contributed by atoms with E-state index in [1.54, 1.807) is 18.2 Å². The molecule has 3 rings (SSSR count). The van der Waals surface area contributed by atoms with Crippen molar-refractivity contribution in [3.05, 3.63) is 65.5 Å². The molecule has 2 aromatic carbocycles. The van der Waals surface area contributed by atoms with Gasteiger partial charge in [0.15, 0.2) is 0 Å². The van der Waals surface area contributed by atoms with E-state index >= 15 is 0 Å². The Morgan fingerprint density at radius 1 is 1.12 bits per heavy atom. The van der Waals surface area contributed by atoms with Gasteiger partial charge in [0.1, 0.15) is 18.3 Å². The predicted molar refractivity (Wildman–Crippen MR) is 89.0 cm³/mol. The monoisotopic (exact) mass is 362 g/mol. The van der Waals surface area contributed by atoms with Gasteiger partial charge >= 0.3 is 5.97 Å². The van der Waals surface area contributed by atoms with Crippen LogP contribution in [0.4, 0.5) is 4.39 Å². The Balaban J connectivity index is 1.55.